The quantitative estimate of drug-likeness (QED) is 0.913. The van der Waals surface area contributed by atoms with E-state index in [0.717, 1.165) is 17.3 Å². The molecule has 1 aromatic carbocycles. The van der Waals surface area contributed by atoms with Crippen molar-refractivity contribution in [3.8, 4) is 5.69 Å². The molecule has 0 saturated heterocycles. The van der Waals surface area contributed by atoms with Crippen LogP contribution in [0.1, 0.15) is 32.6 Å². The van der Waals surface area contributed by atoms with Crippen molar-refractivity contribution in [1.29, 1.82) is 0 Å². The molecule has 0 bridgehead atoms. The Bertz CT molecular complexity index is 521. The predicted octanol–water partition coefficient (Wildman–Crippen LogP) is 3.26. The molecule has 0 spiro atoms. The zero-order valence-electron chi connectivity index (χ0n) is 11.3. The molecule has 1 aliphatic rings. The molecule has 1 saturated carbocycles. The average Bonchev–Trinajstić information content (AvgIpc) is 3.10. The lowest BCUT2D eigenvalue weighted by molar-refractivity contribution is 0.489. The highest BCUT2D eigenvalue weighted by Gasteiger charge is 2.26. The van der Waals surface area contributed by atoms with E-state index in [1.807, 2.05) is 16.9 Å². The first kappa shape index (κ1) is 12.2. The predicted molar refractivity (Wildman–Crippen MR) is 76.4 cm³/mol. The molecule has 2 atom stereocenters. The lowest BCUT2D eigenvalue weighted by Crippen LogP contribution is -2.24. The van der Waals surface area contributed by atoms with Gasteiger partial charge < -0.3 is 5.32 Å². The van der Waals surface area contributed by atoms with Crippen molar-refractivity contribution in [3.63, 3.8) is 0 Å². The first-order valence-corrected chi connectivity index (χ1v) is 7.10. The Balaban J connectivity index is 1.85. The minimum absolute atomic E-state index is 0.592. The molecular weight excluding hydrogens is 236 g/mol. The summed E-state index contributed by atoms with van der Waals surface area (Å²) in [6.07, 6.45) is 8.79. The van der Waals surface area contributed by atoms with E-state index >= 15 is 0 Å². The zero-order valence-corrected chi connectivity index (χ0v) is 11.3. The highest BCUT2D eigenvalue weighted by atomic mass is 15.4. The summed E-state index contributed by atoms with van der Waals surface area (Å²) in [7, 11) is 0. The highest BCUT2D eigenvalue weighted by Crippen LogP contribution is 2.32. The summed E-state index contributed by atoms with van der Waals surface area (Å²) in [6, 6.07) is 8.90. The first-order valence-electron chi connectivity index (χ1n) is 7.10. The van der Waals surface area contributed by atoms with Crippen LogP contribution in [0.4, 0.5) is 5.69 Å². The molecule has 0 radical (unpaired) electrons. The monoisotopic (exact) mass is 256 g/mol. The number of anilines is 1. The van der Waals surface area contributed by atoms with Crippen LogP contribution >= 0.6 is 0 Å². The Morgan fingerprint density at radius 2 is 2.21 bits per heavy atom. The third-order valence-electron chi connectivity index (χ3n) is 4.10. The summed E-state index contributed by atoms with van der Waals surface area (Å²) in [5.41, 5.74) is 2.22. The van der Waals surface area contributed by atoms with Crippen molar-refractivity contribution in [2.24, 2.45) is 5.92 Å². The van der Waals surface area contributed by atoms with Gasteiger partial charge in [-0.3, -0.25) is 0 Å². The summed E-state index contributed by atoms with van der Waals surface area (Å²) in [5, 5.41) is 11.7. The number of benzene rings is 1. The second-order valence-electron chi connectivity index (χ2n) is 5.21. The summed E-state index contributed by atoms with van der Waals surface area (Å²) in [6.45, 7) is 2.29. The molecule has 100 valence electrons. The molecule has 0 aliphatic heterocycles. The molecule has 4 heteroatoms. The number of nitrogens with zero attached hydrogens (tertiary/aromatic N) is 3. The molecule has 4 nitrogen and oxygen atoms in total. The Labute approximate surface area is 113 Å². The highest BCUT2D eigenvalue weighted by molar-refractivity contribution is 5.61. The van der Waals surface area contributed by atoms with E-state index < -0.39 is 0 Å². The van der Waals surface area contributed by atoms with Crippen LogP contribution in [0, 0.1) is 5.92 Å². The van der Waals surface area contributed by atoms with Crippen LogP contribution in [-0.2, 0) is 0 Å². The van der Waals surface area contributed by atoms with Crippen molar-refractivity contribution >= 4 is 5.69 Å². The Morgan fingerprint density at radius 3 is 3.00 bits per heavy atom. The Hall–Kier alpha value is -1.84. The fourth-order valence-corrected chi connectivity index (χ4v) is 3.05. The van der Waals surface area contributed by atoms with E-state index in [9.17, 15) is 0 Å². The van der Waals surface area contributed by atoms with Gasteiger partial charge in [-0.2, -0.15) is 0 Å². The number of hydrogen-bond donors (Lipinski definition) is 1. The second kappa shape index (κ2) is 5.43. The van der Waals surface area contributed by atoms with Gasteiger partial charge in [0.05, 0.1) is 23.8 Å². The van der Waals surface area contributed by atoms with Gasteiger partial charge in [0.2, 0.25) is 0 Å². The van der Waals surface area contributed by atoms with Crippen molar-refractivity contribution in [2.75, 3.05) is 5.32 Å². The van der Waals surface area contributed by atoms with Gasteiger partial charge in [0.25, 0.3) is 0 Å². The first-order chi connectivity index (χ1) is 9.38. The van der Waals surface area contributed by atoms with E-state index in [2.05, 4.69) is 40.8 Å². The molecule has 1 fully saturated rings. The summed E-state index contributed by atoms with van der Waals surface area (Å²) in [4.78, 5) is 0. The van der Waals surface area contributed by atoms with E-state index in [1.165, 1.54) is 25.7 Å². The second-order valence-corrected chi connectivity index (χ2v) is 5.21. The molecular formula is C15H20N4. The van der Waals surface area contributed by atoms with Crippen LogP contribution in [0.15, 0.2) is 36.7 Å². The van der Waals surface area contributed by atoms with Crippen LogP contribution in [0.3, 0.4) is 0 Å². The van der Waals surface area contributed by atoms with Crippen molar-refractivity contribution in [3.05, 3.63) is 36.7 Å². The Kier molecular flexibility index (Phi) is 3.49. The van der Waals surface area contributed by atoms with Crippen LogP contribution < -0.4 is 5.32 Å². The number of hydrogen-bond acceptors (Lipinski definition) is 3. The smallest absolute Gasteiger partial charge is 0.0894 e. The van der Waals surface area contributed by atoms with Crippen molar-refractivity contribution in [2.45, 2.75) is 38.6 Å². The van der Waals surface area contributed by atoms with Gasteiger partial charge in [0.1, 0.15) is 0 Å². The van der Waals surface area contributed by atoms with Crippen molar-refractivity contribution < 1.29 is 0 Å². The third kappa shape index (κ3) is 2.48. The van der Waals surface area contributed by atoms with Gasteiger partial charge in [0.15, 0.2) is 0 Å². The molecule has 0 amide bonds. The summed E-state index contributed by atoms with van der Waals surface area (Å²) < 4.78 is 1.82. The van der Waals surface area contributed by atoms with Gasteiger partial charge in [-0.1, -0.05) is 37.1 Å². The summed E-state index contributed by atoms with van der Waals surface area (Å²) in [5.74, 6) is 0.795. The maximum Gasteiger partial charge on any atom is 0.0894 e. The molecule has 2 aromatic rings. The van der Waals surface area contributed by atoms with Crippen LogP contribution in [0.2, 0.25) is 0 Å². The molecule has 1 N–H and O–H groups in total. The van der Waals surface area contributed by atoms with Crippen LogP contribution in [0.5, 0.6) is 0 Å². The van der Waals surface area contributed by atoms with Crippen LogP contribution in [-0.4, -0.2) is 21.0 Å². The fourth-order valence-electron chi connectivity index (χ4n) is 3.05. The van der Waals surface area contributed by atoms with Crippen molar-refractivity contribution in [1.82, 2.24) is 15.0 Å². The SMILES string of the molecule is CCC1CCCC1Nc1ccccc1-n1ccnn1. The zero-order chi connectivity index (χ0) is 13.1. The van der Waals surface area contributed by atoms with Gasteiger partial charge in [-0.05, 0) is 30.9 Å². The topological polar surface area (TPSA) is 42.7 Å². The third-order valence-corrected chi connectivity index (χ3v) is 4.10. The normalized spacial score (nSPS) is 22.6. The molecule has 2 unspecified atom stereocenters. The fraction of sp³-hybridized carbons (Fsp3) is 0.467. The van der Waals surface area contributed by atoms with Gasteiger partial charge in [-0.25, -0.2) is 4.68 Å². The largest absolute Gasteiger partial charge is 0.380 e. The van der Waals surface area contributed by atoms with E-state index in [-0.39, 0.29) is 0 Å². The van der Waals surface area contributed by atoms with Crippen LogP contribution in [0.25, 0.3) is 5.69 Å². The standard InChI is InChI=1S/C15H20N4/c1-2-12-6-5-8-13(12)17-14-7-3-4-9-15(14)19-11-10-16-18-19/h3-4,7,9-13,17H,2,5-6,8H2,1H3. The number of para-hydroxylation sites is 2. The minimum Gasteiger partial charge on any atom is -0.380 e. The average molecular weight is 256 g/mol. The van der Waals surface area contributed by atoms with E-state index in [1.54, 1.807) is 6.20 Å². The molecule has 19 heavy (non-hydrogen) atoms. The molecule has 1 heterocycles. The lowest BCUT2D eigenvalue weighted by atomic mass is 10.0. The Morgan fingerprint density at radius 1 is 1.32 bits per heavy atom. The minimum atomic E-state index is 0.592. The van der Waals surface area contributed by atoms with E-state index in [0.29, 0.717) is 6.04 Å². The summed E-state index contributed by atoms with van der Waals surface area (Å²) >= 11 is 0. The maximum atomic E-state index is 4.09. The molecule has 3 rings (SSSR count). The number of rotatable bonds is 4. The van der Waals surface area contributed by atoms with Gasteiger partial charge >= 0.3 is 0 Å². The molecule has 1 aromatic heterocycles. The van der Waals surface area contributed by atoms with E-state index in [4.69, 9.17) is 0 Å². The van der Waals surface area contributed by atoms with Gasteiger partial charge in [0, 0.05) is 6.04 Å². The van der Waals surface area contributed by atoms with Gasteiger partial charge in [-0.15, -0.1) is 5.10 Å². The number of nitrogens with one attached hydrogen (secondary N) is 1. The number of aromatic nitrogens is 3. The lowest BCUT2D eigenvalue weighted by Gasteiger charge is -2.22. The maximum absolute atomic E-state index is 4.09. The molecule has 1 aliphatic carbocycles.